The monoisotopic (exact) mass is 421 g/mol. The van der Waals surface area contributed by atoms with E-state index in [1.165, 1.54) is 19.3 Å². The molecule has 0 spiro atoms. The number of hydrogen-bond donors (Lipinski definition) is 0. The number of nitrogens with zero attached hydrogens (tertiary/aromatic N) is 3. The van der Waals surface area contributed by atoms with E-state index in [4.69, 9.17) is 19.4 Å². The summed E-state index contributed by atoms with van der Waals surface area (Å²) >= 11 is 0. The Kier molecular flexibility index (Phi) is 8.10. The maximum absolute atomic E-state index is 5.63. The first-order valence-electron chi connectivity index (χ1n) is 11.6. The lowest BCUT2D eigenvalue weighted by Crippen LogP contribution is -2.04. The average molecular weight is 422 g/mol. The van der Waals surface area contributed by atoms with Gasteiger partial charge in [0.1, 0.15) is 11.5 Å². The topological polar surface area (TPSA) is 49.2 Å². The minimum absolute atomic E-state index is 0.279. The zero-order valence-electron chi connectivity index (χ0n) is 19.6. The highest BCUT2D eigenvalue weighted by atomic mass is 16.7. The Morgan fingerprint density at radius 2 is 1.74 bits per heavy atom. The summed E-state index contributed by atoms with van der Waals surface area (Å²) in [6.07, 6.45) is 5.89. The van der Waals surface area contributed by atoms with Crippen LogP contribution in [0.1, 0.15) is 64.9 Å². The van der Waals surface area contributed by atoms with Crippen LogP contribution in [0.5, 0.6) is 11.5 Å². The molecule has 0 saturated heterocycles. The van der Waals surface area contributed by atoms with Gasteiger partial charge in [-0.3, -0.25) is 4.98 Å². The molecule has 5 nitrogen and oxygen atoms in total. The number of ether oxygens (including phenoxy) is 2. The second-order valence-corrected chi connectivity index (χ2v) is 7.51. The molecule has 0 saturated carbocycles. The summed E-state index contributed by atoms with van der Waals surface area (Å²) in [5.41, 5.74) is 5.05. The number of rotatable bonds is 8. The lowest BCUT2D eigenvalue weighted by molar-refractivity contribution is 0.174. The molecule has 1 aliphatic heterocycles. The molecule has 1 aliphatic rings. The summed E-state index contributed by atoms with van der Waals surface area (Å²) in [6, 6.07) is 12.3. The van der Waals surface area contributed by atoms with E-state index < -0.39 is 0 Å². The quantitative estimate of drug-likeness (QED) is 0.375. The van der Waals surface area contributed by atoms with Gasteiger partial charge in [-0.15, -0.1) is 0 Å². The number of benzene rings is 1. The molecule has 5 heteroatoms. The fourth-order valence-corrected chi connectivity index (χ4v) is 3.93. The Bertz CT molecular complexity index is 994. The predicted molar refractivity (Wildman–Crippen MR) is 127 cm³/mol. The van der Waals surface area contributed by atoms with Crippen LogP contribution in [0.3, 0.4) is 0 Å². The highest BCUT2D eigenvalue weighted by Crippen LogP contribution is 2.39. The van der Waals surface area contributed by atoms with E-state index in [0.29, 0.717) is 0 Å². The van der Waals surface area contributed by atoms with Crippen molar-refractivity contribution in [1.29, 1.82) is 0 Å². The minimum atomic E-state index is 0.279. The van der Waals surface area contributed by atoms with Gasteiger partial charge in [0, 0.05) is 24.2 Å². The van der Waals surface area contributed by atoms with Crippen LogP contribution in [-0.4, -0.2) is 21.3 Å². The highest BCUT2D eigenvalue weighted by molar-refractivity contribution is 5.79. The molecule has 3 heterocycles. The van der Waals surface area contributed by atoms with E-state index in [2.05, 4.69) is 30.5 Å². The number of aryl methyl sites for hydroxylation is 2. The van der Waals surface area contributed by atoms with E-state index in [1.807, 2.05) is 45.0 Å². The van der Waals surface area contributed by atoms with Crippen LogP contribution >= 0.6 is 0 Å². The maximum atomic E-state index is 5.63. The third kappa shape index (κ3) is 5.09. The van der Waals surface area contributed by atoms with Crippen LogP contribution in [0.15, 0.2) is 36.4 Å². The fourth-order valence-electron chi connectivity index (χ4n) is 3.93. The summed E-state index contributed by atoms with van der Waals surface area (Å²) in [5, 5.41) is 0. The second kappa shape index (κ2) is 11.0. The molecule has 2 aromatic heterocycles. The number of pyridine rings is 1. The first kappa shape index (κ1) is 22.9. The van der Waals surface area contributed by atoms with Crippen molar-refractivity contribution >= 4 is 0 Å². The first-order chi connectivity index (χ1) is 15.2. The summed E-state index contributed by atoms with van der Waals surface area (Å²) in [7, 11) is 0. The Labute approximate surface area is 186 Å². The number of aromatic nitrogens is 3. The van der Waals surface area contributed by atoms with Crippen molar-refractivity contribution in [3.8, 4) is 34.1 Å². The molecule has 0 radical (unpaired) electrons. The third-order valence-corrected chi connectivity index (χ3v) is 5.39. The standard InChI is InChI=1S/C24H29N3O2.C2H6/c1-4-6-7-8-12-22-26-23(19-11-9-10-17(3)25-19)24(27(22)5-2)18-13-14-20-21(15-18)29-16-28-20;1-2/h9-11,13-15H,4-8,12,16H2,1-3H3;1-2H3. The summed E-state index contributed by atoms with van der Waals surface area (Å²) in [6.45, 7) is 11.6. The van der Waals surface area contributed by atoms with Crippen molar-refractivity contribution in [2.75, 3.05) is 6.79 Å². The van der Waals surface area contributed by atoms with Gasteiger partial charge in [-0.25, -0.2) is 4.98 Å². The maximum Gasteiger partial charge on any atom is 0.231 e. The zero-order valence-corrected chi connectivity index (χ0v) is 19.6. The molecule has 166 valence electrons. The fraction of sp³-hybridized carbons (Fsp3) is 0.462. The summed E-state index contributed by atoms with van der Waals surface area (Å²) < 4.78 is 13.5. The lowest BCUT2D eigenvalue weighted by Gasteiger charge is -2.11. The van der Waals surface area contributed by atoms with Gasteiger partial charge in [-0.05, 0) is 50.6 Å². The van der Waals surface area contributed by atoms with Gasteiger partial charge in [-0.2, -0.15) is 0 Å². The summed E-state index contributed by atoms with van der Waals surface area (Å²) in [4.78, 5) is 9.86. The van der Waals surface area contributed by atoms with Gasteiger partial charge in [0.2, 0.25) is 6.79 Å². The van der Waals surface area contributed by atoms with Crippen molar-refractivity contribution in [1.82, 2.24) is 14.5 Å². The van der Waals surface area contributed by atoms with E-state index >= 15 is 0 Å². The second-order valence-electron chi connectivity index (χ2n) is 7.51. The first-order valence-corrected chi connectivity index (χ1v) is 11.6. The van der Waals surface area contributed by atoms with Crippen LogP contribution in [0, 0.1) is 6.92 Å². The molecular formula is C26H35N3O2. The Morgan fingerprint density at radius 3 is 2.48 bits per heavy atom. The zero-order chi connectivity index (χ0) is 22.2. The lowest BCUT2D eigenvalue weighted by atomic mass is 10.1. The predicted octanol–water partition coefficient (Wildman–Crippen LogP) is 6.82. The molecule has 4 rings (SSSR count). The van der Waals surface area contributed by atoms with Crippen LogP contribution in [-0.2, 0) is 13.0 Å². The normalized spacial score (nSPS) is 11.9. The van der Waals surface area contributed by atoms with Crippen molar-refractivity contribution in [2.45, 2.75) is 73.3 Å². The van der Waals surface area contributed by atoms with E-state index in [9.17, 15) is 0 Å². The van der Waals surface area contributed by atoms with E-state index in [-0.39, 0.29) is 6.79 Å². The minimum Gasteiger partial charge on any atom is -0.454 e. The largest absolute Gasteiger partial charge is 0.454 e. The van der Waals surface area contributed by atoms with Crippen molar-refractivity contribution in [3.05, 3.63) is 47.9 Å². The molecule has 0 atom stereocenters. The molecule has 0 N–H and O–H groups in total. The van der Waals surface area contributed by atoms with Gasteiger partial charge in [0.05, 0.1) is 11.4 Å². The molecule has 31 heavy (non-hydrogen) atoms. The molecule has 0 amide bonds. The van der Waals surface area contributed by atoms with Crippen molar-refractivity contribution < 1.29 is 9.47 Å². The van der Waals surface area contributed by atoms with Gasteiger partial charge in [-0.1, -0.05) is 46.1 Å². The van der Waals surface area contributed by atoms with Crippen LogP contribution in [0.4, 0.5) is 0 Å². The molecule has 0 fully saturated rings. The molecular weight excluding hydrogens is 386 g/mol. The highest BCUT2D eigenvalue weighted by Gasteiger charge is 2.22. The molecule has 0 bridgehead atoms. The van der Waals surface area contributed by atoms with Gasteiger partial charge in [0.25, 0.3) is 0 Å². The Hall–Kier alpha value is -2.82. The van der Waals surface area contributed by atoms with Crippen molar-refractivity contribution in [2.24, 2.45) is 0 Å². The van der Waals surface area contributed by atoms with Crippen LogP contribution in [0.25, 0.3) is 22.6 Å². The molecule has 3 aromatic rings. The summed E-state index contributed by atoms with van der Waals surface area (Å²) in [5.74, 6) is 2.72. The third-order valence-electron chi connectivity index (χ3n) is 5.39. The number of hydrogen-bond acceptors (Lipinski definition) is 4. The van der Waals surface area contributed by atoms with Crippen molar-refractivity contribution in [3.63, 3.8) is 0 Å². The van der Waals surface area contributed by atoms with E-state index in [0.717, 1.165) is 65.0 Å². The van der Waals surface area contributed by atoms with Gasteiger partial charge >= 0.3 is 0 Å². The smallest absolute Gasteiger partial charge is 0.231 e. The SMILES string of the molecule is CC.CCCCCCc1nc(-c2cccc(C)n2)c(-c2ccc3c(c2)OCO3)n1CC. The Balaban J connectivity index is 0.00000132. The van der Waals surface area contributed by atoms with Crippen LogP contribution < -0.4 is 9.47 Å². The van der Waals surface area contributed by atoms with Gasteiger partial charge < -0.3 is 14.0 Å². The molecule has 1 aromatic carbocycles. The number of fused-ring (bicyclic) bond motifs is 1. The molecule has 0 unspecified atom stereocenters. The van der Waals surface area contributed by atoms with Crippen LogP contribution in [0.2, 0.25) is 0 Å². The van der Waals surface area contributed by atoms with E-state index in [1.54, 1.807) is 0 Å². The Morgan fingerprint density at radius 1 is 0.935 bits per heavy atom. The average Bonchev–Trinajstić information content (AvgIpc) is 3.41. The number of unbranched alkanes of at least 4 members (excludes halogenated alkanes) is 3. The number of imidazole rings is 1. The van der Waals surface area contributed by atoms with Gasteiger partial charge in [0.15, 0.2) is 11.5 Å². The molecule has 0 aliphatic carbocycles.